The molecule has 7 nitrogen and oxygen atoms in total. The normalized spacial score (nSPS) is 25.4. The van der Waals surface area contributed by atoms with Crippen LogP contribution in [0.4, 0.5) is 4.39 Å². The first kappa shape index (κ1) is 17.8. The van der Waals surface area contributed by atoms with E-state index in [1.807, 2.05) is 0 Å². The minimum absolute atomic E-state index is 0.0309. The van der Waals surface area contributed by atoms with Crippen molar-refractivity contribution in [1.29, 1.82) is 0 Å². The minimum atomic E-state index is -3.51. The molecule has 1 amide bonds. The zero-order chi connectivity index (χ0) is 17.3. The van der Waals surface area contributed by atoms with Crippen molar-refractivity contribution in [1.82, 2.24) is 9.62 Å². The Hall–Kier alpha value is -1.55. The molecule has 1 aliphatic heterocycles. The SMILES string of the molecule is CS(=O)(=O)NC[C@]1(O)CCN(C(=O)c2ccccc2F)C[C@H]1O. The topological polar surface area (TPSA) is 107 Å². The molecule has 2 atom stereocenters. The van der Waals surface area contributed by atoms with Crippen LogP contribution in [0, 0.1) is 5.82 Å². The molecule has 0 radical (unpaired) electrons. The van der Waals surface area contributed by atoms with Gasteiger partial charge in [-0.3, -0.25) is 4.79 Å². The third-order valence-corrected chi connectivity index (χ3v) is 4.53. The van der Waals surface area contributed by atoms with Gasteiger partial charge >= 0.3 is 0 Å². The van der Waals surface area contributed by atoms with Crippen molar-refractivity contribution < 1.29 is 27.8 Å². The molecule has 0 aromatic heterocycles. The lowest BCUT2D eigenvalue weighted by Crippen LogP contribution is -2.61. The predicted octanol–water partition coefficient (Wildman–Crippen LogP) is -0.687. The van der Waals surface area contributed by atoms with Crippen LogP contribution in [0.2, 0.25) is 0 Å². The zero-order valence-electron chi connectivity index (χ0n) is 12.6. The number of carbonyl (C=O) groups excluding carboxylic acids is 1. The van der Waals surface area contributed by atoms with E-state index in [0.29, 0.717) is 0 Å². The largest absolute Gasteiger partial charge is 0.388 e. The Morgan fingerprint density at radius 1 is 1.48 bits per heavy atom. The lowest BCUT2D eigenvalue weighted by atomic mass is 9.88. The first-order chi connectivity index (χ1) is 10.6. The highest BCUT2D eigenvalue weighted by Crippen LogP contribution is 2.24. The number of halogens is 1. The number of aliphatic hydroxyl groups is 2. The molecular formula is C14H19FN2O5S. The number of β-amino-alcohol motifs (C(OH)–C–C–N with tert-alkyl or cyclic N) is 1. The fourth-order valence-corrected chi connectivity index (χ4v) is 2.93. The lowest BCUT2D eigenvalue weighted by Gasteiger charge is -2.42. The van der Waals surface area contributed by atoms with Crippen LogP contribution in [0.5, 0.6) is 0 Å². The monoisotopic (exact) mass is 346 g/mol. The Labute approximate surface area is 133 Å². The summed E-state index contributed by atoms with van der Waals surface area (Å²) in [7, 11) is -3.51. The van der Waals surface area contributed by atoms with Gasteiger partial charge in [-0.25, -0.2) is 17.5 Å². The summed E-state index contributed by atoms with van der Waals surface area (Å²) in [5.41, 5.74) is -1.78. The molecule has 0 saturated carbocycles. The van der Waals surface area contributed by atoms with Gasteiger partial charge in [-0.2, -0.15) is 0 Å². The van der Waals surface area contributed by atoms with Gasteiger partial charge in [0.05, 0.1) is 11.8 Å². The molecule has 1 saturated heterocycles. The third-order valence-electron chi connectivity index (χ3n) is 3.86. The molecule has 3 N–H and O–H groups in total. The molecule has 2 rings (SSSR count). The molecule has 9 heteroatoms. The smallest absolute Gasteiger partial charge is 0.256 e. The van der Waals surface area contributed by atoms with Crippen molar-refractivity contribution in [3.05, 3.63) is 35.6 Å². The average molecular weight is 346 g/mol. The quantitative estimate of drug-likeness (QED) is 0.669. The first-order valence-corrected chi connectivity index (χ1v) is 8.90. The Morgan fingerprint density at radius 2 is 2.13 bits per heavy atom. The highest BCUT2D eigenvalue weighted by molar-refractivity contribution is 7.88. The Bertz CT molecular complexity index is 696. The zero-order valence-corrected chi connectivity index (χ0v) is 13.4. The Kier molecular flexibility index (Phi) is 5.04. The maximum absolute atomic E-state index is 13.7. The molecule has 0 aliphatic carbocycles. The van der Waals surface area contributed by atoms with Crippen molar-refractivity contribution in [3.8, 4) is 0 Å². The first-order valence-electron chi connectivity index (χ1n) is 7.01. The van der Waals surface area contributed by atoms with Gasteiger partial charge in [-0.15, -0.1) is 0 Å². The van der Waals surface area contributed by atoms with Crippen molar-refractivity contribution in [2.45, 2.75) is 18.1 Å². The molecule has 0 spiro atoms. The van der Waals surface area contributed by atoms with Gasteiger partial charge in [0.25, 0.3) is 5.91 Å². The molecule has 0 unspecified atom stereocenters. The summed E-state index contributed by atoms with van der Waals surface area (Å²) >= 11 is 0. The van der Waals surface area contributed by atoms with E-state index in [1.165, 1.54) is 29.2 Å². The van der Waals surface area contributed by atoms with Gasteiger partial charge in [0.1, 0.15) is 17.5 Å². The van der Waals surface area contributed by atoms with E-state index < -0.39 is 33.5 Å². The molecule has 23 heavy (non-hydrogen) atoms. The third kappa shape index (κ3) is 4.25. The number of benzene rings is 1. The number of aliphatic hydroxyl groups excluding tert-OH is 1. The van der Waals surface area contributed by atoms with E-state index in [-0.39, 0.29) is 31.6 Å². The fraction of sp³-hybridized carbons (Fsp3) is 0.500. The second kappa shape index (κ2) is 6.52. The number of likely N-dealkylation sites (tertiary alicyclic amines) is 1. The van der Waals surface area contributed by atoms with Crippen LogP contribution in [0.15, 0.2) is 24.3 Å². The van der Waals surface area contributed by atoms with Crippen LogP contribution < -0.4 is 4.72 Å². The predicted molar refractivity (Wildman–Crippen MR) is 80.7 cm³/mol. The van der Waals surface area contributed by atoms with Gasteiger partial charge < -0.3 is 15.1 Å². The number of hydrogen-bond acceptors (Lipinski definition) is 5. The number of rotatable bonds is 4. The number of piperidine rings is 1. The number of carbonyl (C=O) groups is 1. The Morgan fingerprint density at radius 3 is 2.70 bits per heavy atom. The number of amides is 1. The van der Waals surface area contributed by atoms with Crippen molar-refractivity contribution in [2.75, 3.05) is 25.9 Å². The van der Waals surface area contributed by atoms with Gasteiger partial charge in [0, 0.05) is 19.6 Å². The molecular weight excluding hydrogens is 327 g/mol. The fourth-order valence-electron chi connectivity index (χ4n) is 2.42. The van der Waals surface area contributed by atoms with E-state index in [1.54, 1.807) is 0 Å². The maximum atomic E-state index is 13.7. The summed E-state index contributed by atoms with van der Waals surface area (Å²) in [6.45, 7) is -0.490. The average Bonchev–Trinajstić information content (AvgIpc) is 2.47. The van der Waals surface area contributed by atoms with Crippen LogP contribution >= 0.6 is 0 Å². The molecule has 1 heterocycles. The highest BCUT2D eigenvalue weighted by atomic mass is 32.2. The number of hydrogen-bond donors (Lipinski definition) is 3. The summed E-state index contributed by atoms with van der Waals surface area (Å²) < 4.78 is 38.0. The summed E-state index contributed by atoms with van der Waals surface area (Å²) in [6, 6.07) is 5.51. The summed E-state index contributed by atoms with van der Waals surface area (Å²) in [5, 5.41) is 20.4. The van der Waals surface area contributed by atoms with Crippen molar-refractivity contribution in [2.24, 2.45) is 0 Å². The molecule has 1 fully saturated rings. The van der Waals surface area contributed by atoms with Crippen LogP contribution in [-0.2, 0) is 10.0 Å². The molecule has 128 valence electrons. The molecule has 1 aliphatic rings. The highest BCUT2D eigenvalue weighted by Gasteiger charge is 2.42. The van der Waals surface area contributed by atoms with Gasteiger partial charge in [0.2, 0.25) is 10.0 Å². The minimum Gasteiger partial charge on any atom is -0.388 e. The summed E-state index contributed by atoms with van der Waals surface area (Å²) in [6.07, 6.45) is -0.433. The maximum Gasteiger partial charge on any atom is 0.256 e. The van der Waals surface area contributed by atoms with Crippen LogP contribution in [0.25, 0.3) is 0 Å². The van der Waals surface area contributed by atoms with Crippen LogP contribution in [0.1, 0.15) is 16.8 Å². The van der Waals surface area contributed by atoms with Gasteiger partial charge in [-0.05, 0) is 18.6 Å². The van der Waals surface area contributed by atoms with E-state index in [9.17, 15) is 27.8 Å². The number of nitrogens with one attached hydrogen (secondary N) is 1. The summed E-state index contributed by atoms with van der Waals surface area (Å²) in [5.74, 6) is -1.24. The number of sulfonamides is 1. The van der Waals surface area contributed by atoms with Gasteiger partial charge in [0.15, 0.2) is 0 Å². The molecule has 0 bridgehead atoms. The molecule has 1 aromatic carbocycles. The van der Waals surface area contributed by atoms with E-state index in [4.69, 9.17) is 0 Å². The lowest BCUT2D eigenvalue weighted by molar-refractivity contribution is -0.107. The second-order valence-corrected chi connectivity index (χ2v) is 7.53. The van der Waals surface area contributed by atoms with Crippen LogP contribution in [0.3, 0.4) is 0 Å². The van der Waals surface area contributed by atoms with Crippen molar-refractivity contribution >= 4 is 15.9 Å². The van der Waals surface area contributed by atoms with Gasteiger partial charge in [-0.1, -0.05) is 12.1 Å². The standard InChI is InChI=1S/C14H19FN2O5S/c1-23(21,22)16-9-14(20)6-7-17(8-12(14)18)13(19)10-4-2-3-5-11(10)15/h2-5,12,16,18,20H,6-9H2,1H3/t12-,14-/m1/s1. The van der Waals surface area contributed by atoms with E-state index in [2.05, 4.69) is 4.72 Å². The summed E-state index contributed by atoms with van der Waals surface area (Å²) in [4.78, 5) is 13.5. The van der Waals surface area contributed by atoms with Crippen LogP contribution in [-0.4, -0.2) is 67.0 Å². The number of nitrogens with zero attached hydrogens (tertiary/aromatic N) is 1. The van der Waals surface area contributed by atoms with Crippen molar-refractivity contribution in [3.63, 3.8) is 0 Å². The Balaban J connectivity index is 2.06. The van der Waals surface area contributed by atoms with E-state index in [0.717, 1.165) is 6.26 Å². The molecule has 1 aromatic rings. The second-order valence-electron chi connectivity index (χ2n) is 5.69. The van der Waals surface area contributed by atoms with E-state index >= 15 is 0 Å².